The number of hydrogen-bond acceptors (Lipinski definition) is 4. The Morgan fingerprint density at radius 3 is 2.32 bits per heavy atom. The van der Waals surface area contributed by atoms with Gasteiger partial charge in [0.25, 0.3) is 5.69 Å². The first kappa shape index (κ1) is 13.5. The lowest BCUT2D eigenvalue weighted by molar-refractivity contribution is -0.384. The normalized spacial score (nSPS) is 22.8. The average molecular weight is 263 g/mol. The molecule has 1 fully saturated rings. The fraction of sp³-hybridized carbons (Fsp3) is 0.500. The highest BCUT2D eigenvalue weighted by molar-refractivity contribution is 5.89. The van der Waals surface area contributed by atoms with E-state index in [2.05, 4.69) is 6.92 Å². The standard InChI is InChI=1S/C14H17NO4/c1-10-2-8-13(9-3-10)19-14(16)11-4-6-12(7-5-11)15(17)18/h4-7,10,13H,2-3,8-9H2,1H3. The van der Waals surface area contributed by atoms with Gasteiger partial charge in [0.05, 0.1) is 10.5 Å². The van der Waals surface area contributed by atoms with Crippen molar-refractivity contribution in [1.82, 2.24) is 0 Å². The summed E-state index contributed by atoms with van der Waals surface area (Å²) >= 11 is 0. The van der Waals surface area contributed by atoms with Crippen molar-refractivity contribution >= 4 is 11.7 Å². The minimum Gasteiger partial charge on any atom is -0.459 e. The molecular formula is C14H17NO4. The molecule has 0 heterocycles. The SMILES string of the molecule is CC1CCC(OC(=O)c2ccc([N+](=O)[O-])cc2)CC1. The van der Waals surface area contributed by atoms with Crippen LogP contribution >= 0.6 is 0 Å². The van der Waals surface area contributed by atoms with Crippen molar-refractivity contribution in [3.63, 3.8) is 0 Å². The van der Waals surface area contributed by atoms with Crippen LogP contribution in [0.5, 0.6) is 0 Å². The van der Waals surface area contributed by atoms with Crippen LogP contribution in [0.3, 0.4) is 0 Å². The van der Waals surface area contributed by atoms with E-state index in [1.165, 1.54) is 24.3 Å². The lowest BCUT2D eigenvalue weighted by Gasteiger charge is -2.25. The minimum atomic E-state index is -0.488. The number of nitrogens with zero attached hydrogens (tertiary/aromatic N) is 1. The summed E-state index contributed by atoms with van der Waals surface area (Å²) in [5, 5.41) is 10.5. The molecule has 0 spiro atoms. The van der Waals surface area contributed by atoms with Crippen molar-refractivity contribution in [1.29, 1.82) is 0 Å². The molecule has 1 aliphatic carbocycles. The fourth-order valence-corrected chi connectivity index (χ4v) is 2.29. The molecule has 1 aromatic carbocycles. The maximum absolute atomic E-state index is 11.9. The Hall–Kier alpha value is -1.91. The molecule has 0 radical (unpaired) electrons. The van der Waals surface area contributed by atoms with Crippen molar-refractivity contribution in [2.24, 2.45) is 5.92 Å². The van der Waals surface area contributed by atoms with E-state index in [9.17, 15) is 14.9 Å². The number of esters is 1. The molecule has 5 heteroatoms. The number of rotatable bonds is 3. The number of carbonyl (C=O) groups excluding carboxylic acids is 1. The van der Waals surface area contributed by atoms with Gasteiger partial charge in [0.2, 0.25) is 0 Å². The Kier molecular flexibility index (Phi) is 4.14. The van der Waals surface area contributed by atoms with Crippen LogP contribution in [0.1, 0.15) is 43.0 Å². The van der Waals surface area contributed by atoms with E-state index in [1.54, 1.807) is 0 Å². The summed E-state index contributed by atoms with van der Waals surface area (Å²) in [7, 11) is 0. The number of carbonyl (C=O) groups is 1. The molecule has 0 aromatic heterocycles. The maximum atomic E-state index is 11.9. The smallest absolute Gasteiger partial charge is 0.338 e. The van der Waals surface area contributed by atoms with Crippen LogP contribution in [0.2, 0.25) is 0 Å². The zero-order valence-electron chi connectivity index (χ0n) is 10.9. The van der Waals surface area contributed by atoms with E-state index in [0.29, 0.717) is 11.5 Å². The van der Waals surface area contributed by atoms with E-state index in [-0.39, 0.29) is 11.8 Å². The number of ether oxygens (including phenoxy) is 1. The molecule has 0 amide bonds. The van der Waals surface area contributed by atoms with Crippen molar-refractivity contribution in [3.05, 3.63) is 39.9 Å². The predicted octanol–water partition coefficient (Wildman–Crippen LogP) is 3.33. The third-order valence-corrected chi connectivity index (χ3v) is 3.55. The number of hydrogen-bond donors (Lipinski definition) is 0. The molecule has 19 heavy (non-hydrogen) atoms. The second-order valence-corrected chi connectivity index (χ2v) is 5.09. The van der Waals surface area contributed by atoms with Crippen molar-refractivity contribution < 1.29 is 14.5 Å². The average Bonchev–Trinajstić information content (AvgIpc) is 2.41. The summed E-state index contributed by atoms with van der Waals surface area (Å²) in [4.78, 5) is 21.9. The minimum absolute atomic E-state index is 0.0149. The molecule has 0 saturated heterocycles. The van der Waals surface area contributed by atoms with Gasteiger partial charge in [-0.05, 0) is 43.7 Å². The third kappa shape index (κ3) is 3.53. The Morgan fingerprint density at radius 1 is 1.21 bits per heavy atom. The monoisotopic (exact) mass is 263 g/mol. The van der Waals surface area contributed by atoms with Gasteiger partial charge < -0.3 is 4.74 Å². The first-order valence-corrected chi connectivity index (χ1v) is 6.51. The lowest BCUT2D eigenvalue weighted by atomic mass is 9.89. The zero-order chi connectivity index (χ0) is 13.8. The Labute approximate surface area is 111 Å². The van der Waals surface area contributed by atoms with Crippen molar-refractivity contribution in [2.75, 3.05) is 0 Å². The van der Waals surface area contributed by atoms with Gasteiger partial charge in [0, 0.05) is 12.1 Å². The molecule has 0 atom stereocenters. The van der Waals surface area contributed by atoms with Crippen LogP contribution in [-0.2, 0) is 4.74 Å². The van der Waals surface area contributed by atoms with Crippen molar-refractivity contribution in [2.45, 2.75) is 38.7 Å². The molecular weight excluding hydrogens is 246 g/mol. The summed E-state index contributed by atoms with van der Waals surface area (Å²) in [6.45, 7) is 2.20. The maximum Gasteiger partial charge on any atom is 0.338 e. The molecule has 2 rings (SSSR count). The van der Waals surface area contributed by atoms with Crippen LogP contribution in [0.4, 0.5) is 5.69 Å². The van der Waals surface area contributed by atoms with Crippen LogP contribution in [0.25, 0.3) is 0 Å². The molecule has 5 nitrogen and oxygen atoms in total. The highest BCUT2D eigenvalue weighted by Gasteiger charge is 2.22. The van der Waals surface area contributed by atoms with E-state index in [1.807, 2.05) is 0 Å². The summed E-state index contributed by atoms with van der Waals surface area (Å²) in [5.74, 6) is 0.309. The molecule has 102 valence electrons. The molecule has 0 unspecified atom stereocenters. The topological polar surface area (TPSA) is 69.4 Å². The second-order valence-electron chi connectivity index (χ2n) is 5.09. The van der Waals surface area contributed by atoms with Gasteiger partial charge in [-0.2, -0.15) is 0 Å². The third-order valence-electron chi connectivity index (χ3n) is 3.55. The molecule has 1 aromatic rings. The van der Waals surface area contributed by atoms with Crippen LogP contribution < -0.4 is 0 Å². The number of non-ortho nitro benzene ring substituents is 1. The molecule has 1 saturated carbocycles. The lowest BCUT2D eigenvalue weighted by Crippen LogP contribution is -2.23. The summed E-state index contributed by atoms with van der Waals surface area (Å²) in [6, 6.07) is 5.51. The second kappa shape index (κ2) is 5.82. The van der Waals surface area contributed by atoms with E-state index in [4.69, 9.17) is 4.74 Å². The summed E-state index contributed by atoms with van der Waals surface area (Å²) < 4.78 is 5.42. The molecule has 0 N–H and O–H groups in total. The van der Waals surface area contributed by atoms with Crippen molar-refractivity contribution in [3.8, 4) is 0 Å². The van der Waals surface area contributed by atoms with Gasteiger partial charge >= 0.3 is 5.97 Å². The zero-order valence-corrected chi connectivity index (χ0v) is 10.9. The first-order chi connectivity index (χ1) is 9.06. The fourth-order valence-electron chi connectivity index (χ4n) is 2.29. The van der Waals surface area contributed by atoms with E-state index in [0.717, 1.165) is 25.7 Å². The largest absolute Gasteiger partial charge is 0.459 e. The van der Waals surface area contributed by atoms with Gasteiger partial charge in [-0.1, -0.05) is 6.92 Å². The molecule has 1 aliphatic rings. The first-order valence-electron chi connectivity index (χ1n) is 6.51. The Bertz CT molecular complexity index is 461. The van der Waals surface area contributed by atoms with Crippen LogP contribution in [0.15, 0.2) is 24.3 Å². The predicted molar refractivity (Wildman–Crippen MR) is 69.9 cm³/mol. The quantitative estimate of drug-likeness (QED) is 0.476. The number of benzene rings is 1. The van der Waals surface area contributed by atoms with E-state index >= 15 is 0 Å². The summed E-state index contributed by atoms with van der Waals surface area (Å²) in [5.41, 5.74) is 0.340. The van der Waals surface area contributed by atoms with Crippen LogP contribution in [-0.4, -0.2) is 17.0 Å². The number of nitro groups is 1. The Morgan fingerprint density at radius 2 is 1.79 bits per heavy atom. The molecule has 0 aliphatic heterocycles. The number of nitro benzene ring substituents is 1. The summed E-state index contributed by atoms with van der Waals surface area (Å²) in [6.07, 6.45) is 3.95. The highest BCUT2D eigenvalue weighted by Crippen LogP contribution is 2.26. The highest BCUT2D eigenvalue weighted by atomic mass is 16.6. The molecule has 0 bridgehead atoms. The van der Waals surface area contributed by atoms with Gasteiger partial charge in [-0.25, -0.2) is 4.79 Å². The van der Waals surface area contributed by atoms with Gasteiger partial charge in [-0.3, -0.25) is 10.1 Å². The van der Waals surface area contributed by atoms with Gasteiger partial charge in [0.15, 0.2) is 0 Å². The van der Waals surface area contributed by atoms with E-state index < -0.39 is 10.9 Å². The van der Waals surface area contributed by atoms with Gasteiger partial charge in [-0.15, -0.1) is 0 Å². The van der Waals surface area contributed by atoms with Gasteiger partial charge in [0.1, 0.15) is 6.10 Å². The Balaban J connectivity index is 1.94. The van der Waals surface area contributed by atoms with Crippen LogP contribution in [0, 0.1) is 16.0 Å².